The van der Waals surface area contributed by atoms with Gasteiger partial charge in [0.1, 0.15) is 0 Å². The van der Waals surface area contributed by atoms with Crippen LogP contribution in [0.1, 0.15) is 19.3 Å². The minimum atomic E-state index is 0.492. The maximum Gasteiger partial charge on any atom is 0.417 e. The first kappa shape index (κ1) is 11.4. The van der Waals surface area contributed by atoms with E-state index in [9.17, 15) is 4.79 Å². The fourth-order valence-electron chi connectivity index (χ4n) is 0.659. The van der Waals surface area contributed by atoms with Gasteiger partial charge < -0.3 is 4.74 Å². The van der Waals surface area contributed by atoms with Crippen molar-refractivity contribution in [2.24, 2.45) is 0 Å². The Morgan fingerprint density at radius 2 is 2.18 bits per heavy atom. The van der Waals surface area contributed by atoms with Gasteiger partial charge in [0.25, 0.3) is 0 Å². The fourth-order valence-corrected chi connectivity index (χ4v) is 1.31. The highest BCUT2D eigenvalue weighted by Crippen LogP contribution is 2.11. The second kappa shape index (κ2) is 8.53. The van der Waals surface area contributed by atoms with Crippen molar-refractivity contribution in [1.82, 2.24) is 0 Å². The van der Waals surface area contributed by atoms with E-state index in [1.807, 2.05) is 0 Å². The van der Waals surface area contributed by atoms with Crippen LogP contribution in [0.25, 0.3) is 0 Å². The zero-order chi connectivity index (χ0) is 8.53. The van der Waals surface area contributed by atoms with Crippen LogP contribution in [0, 0.1) is 0 Å². The highest BCUT2D eigenvalue weighted by Gasteiger charge is 2.00. The predicted octanol–water partition coefficient (Wildman–Crippen LogP) is 2.40. The molecule has 0 fully saturated rings. The average Bonchev–Trinajstić information content (AvgIpc) is 2.04. The number of unbranched alkanes of at least 4 members (excludes halogenated alkanes) is 1. The van der Waals surface area contributed by atoms with Crippen molar-refractivity contribution in [3.63, 3.8) is 0 Å². The Balaban J connectivity index is 2.95. The van der Waals surface area contributed by atoms with Gasteiger partial charge in [0.05, 0.1) is 6.61 Å². The lowest BCUT2D eigenvalue weighted by atomic mass is 10.2. The maximum absolute atomic E-state index is 9.59. The van der Waals surface area contributed by atoms with Crippen LogP contribution in [0.2, 0.25) is 0 Å². The molecule has 0 saturated carbocycles. The molecule has 1 unspecified atom stereocenters. The van der Waals surface area contributed by atoms with Crippen LogP contribution < -0.4 is 0 Å². The minimum absolute atomic E-state index is 0.492. The van der Waals surface area contributed by atoms with Crippen LogP contribution in [0.15, 0.2) is 0 Å². The number of hydrogen-bond acceptors (Lipinski definition) is 2. The van der Waals surface area contributed by atoms with E-state index in [2.05, 4.69) is 36.6 Å². The van der Waals surface area contributed by atoms with E-state index in [0.29, 0.717) is 11.4 Å². The Labute approximate surface area is 83.9 Å². The van der Waals surface area contributed by atoms with Crippen molar-refractivity contribution in [2.45, 2.75) is 24.1 Å². The molecule has 11 heavy (non-hydrogen) atoms. The summed E-state index contributed by atoms with van der Waals surface area (Å²) in [5.74, 6) is 0. The summed E-state index contributed by atoms with van der Waals surface area (Å²) in [6.45, 7) is 1.89. The second-order valence-corrected chi connectivity index (χ2v) is 4.12. The van der Waals surface area contributed by atoms with E-state index in [-0.39, 0.29) is 0 Å². The molecule has 1 atom stereocenters. The van der Waals surface area contributed by atoms with Gasteiger partial charge in [0, 0.05) is 10.2 Å². The lowest BCUT2D eigenvalue weighted by Gasteiger charge is -2.03. The summed E-state index contributed by atoms with van der Waals surface area (Å²) >= 11 is 6.84. The van der Waals surface area contributed by atoms with Crippen LogP contribution in [0.4, 0.5) is 0 Å². The van der Waals surface area contributed by atoms with Crippen molar-refractivity contribution in [2.75, 3.05) is 11.9 Å². The first-order chi connectivity index (χ1) is 5.31. The smallest absolute Gasteiger partial charge is 0.417 e. The van der Waals surface area contributed by atoms with Crippen molar-refractivity contribution >= 4 is 38.3 Å². The number of carbonyl (C=O) groups excluding carboxylic acids is 1. The summed E-state index contributed by atoms with van der Waals surface area (Å²) in [5, 5.41) is 0.966. The third-order valence-corrected chi connectivity index (χ3v) is 3.67. The molecule has 0 amide bonds. The molecule has 1 radical (unpaired) electrons. The molecular formula is C7H11Br2O2. The standard InChI is InChI=1S/C7H11Br2O2/c8-5-7(9)3-1-2-4-11-6-10/h7H,1-5H2. The molecule has 0 aromatic carbocycles. The number of halogens is 2. The van der Waals surface area contributed by atoms with Crippen LogP contribution in [-0.4, -0.2) is 23.2 Å². The van der Waals surface area contributed by atoms with E-state index in [1.165, 1.54) is 6.47 Å². The maximum atomic E-state index is 9.59. The fraction of sp³-hybridized carbons (Fsp3) is 0.857. The lowest BCUT2D eigenvalue weighted by Crippen LogP contribution is -2.00. The molecular weight excluding hydrogens is 276 g/mol. The molecule has 0 spiro atoms. The van der Waals surface area contributed by atoms with Gasteiger partial charge in [-0.25, -0.2) is 4.79 Å². The topological polar surface area (TPSA) is 26.3 Å². The van der Waals surface area contributed by atoms with Crippen molar-refractivity contribution in [3.05, 3.63) is 0 Å². The Morgan fingerprint density at radius 3 is 2.73 bits per heavy atom. The summed E-state index contributed by atoms with van der Waals surface area (Å²) in [7, 11) is 0. The van der Waals surface area contributed by atoms with Gasteiger partial charge in [-0.3, -0.25) is 0 Å². The zero-order valence-corrected chi connectivity index (χ0v) is 9.36. The van der Waals surface area contributed by atoms with Crippen molar-refractivity contribution < 1.29 is 9.53 Å². The normalized spacial score (nSPS) is 12.5. The molecule has 0 aliphatic carbocycles. The number of rotatable bonds is 7. The number of ether oxygens (including phenoxy) is 1. The van der Waals surface area contributed by atoms with E-state index in [0.717, 1.165) is 24.6 Å². The highest BCUT2D eigenvalue weighted by atomic mass is 79.9. The molecule has 0 aromatic heterocycles. The number of hydrogen-bond donors (Lipinski definition) is 0. The van der Waals surface area contributed by atoms with Crippen LogP contribution in [0.5, 0.6) is 0 Å². The van der Waals surface area contributed by atoms with Gasteiger partial charge in [-0.1, -0.05) is 31.9 Å². The highest BCUT2D eigenvalue weighted by molar-refractivity contribution is 9.12. The molecule has 0 aliphatic heterocycles. The largest absolute Gasteiger partial charge is 0.457 e. The van der Waals surface area contributed by atoms with Crippen LogP contribution in [-0.2, 0) is 9.53 Å². The van der Waals surface area contributed by atoms with E-state index >= 15 is 0 Å². The van der Waals surface area contributed by atoms with Gasteiger partial charge in [-0.2, -0.15) is 0 Å². The summed E-state index contributed by atoms with van der Waals surface area (Å²) < 4.78 is 4.42. The molecule has 65 valence electrons. The summed E-state index contributed by atoms with van der Waals surface area (Å²) in [5.41, 5.74) is 0. The monoisotopic (exact) mass is 285 g/mol. The summed E-state index contributed by atoms with van der Waals surface area (Å²) in [4.78, 5) is 10.1. The molecule has 0 saturated heterocycles. The quantitative estimate of drug-likeness (QED) is 0.531. The Morgan fingerprint density at radius 1 is 1.45 bits per heavy atom. The Hall–Kier alpha value is 0.430. The number of alkyl halides is 2. The van der Waals surface area contributed by atoms with E-state index in [4.69, 9.17) is 0 Å². The molecule has 4 heteroatoms. The van der Waals surface area contributed by atoms with Gasteiger partial charge >= 0.3 is 6.47 Å². The molecule has 0 N–H and O–H groups in total. The van der Waals surface area contributed by atoms with Crippen molar-refractivity contribution in [3.8, 4) is 0 Å². The van der Waals surface area contributed by atoms with Gasteiger partial charge in [-0.05, 0) is 19.3 Å². The van der Waals surface area contributed by atoms with Crippen LogP contribution >= 0.6 is 31.9 Å². The molecule has 0 heterocycles. The van der Waals surface area contributed by atoms with Gasteiger partial charge in [-0.15, -0.1) is 0 Å². The Bertz CT molecular complexity index is 98.4. The SMILES string of the molecule is O=[C]OCCCCC(Br)CBr. The lowest BCUT2D eigenvalue weighted by molar-refractivity contribution is 0.269. The molecule has 0 aromatic rings. The van der Waals surface area contributed by atoms with Crippen molar-refractivity contribution in [1.29, 1.82) is 0 Å². The first-order valence-electron chi connectivity index (χ1n) is 3.50. The predicted molar refractivity (Wildman–Crippen MR) is 52.0 cm³/mol. The summed E-state index contributed by atoms with van der Waals surface area (Å²) in [6, 6.07) is 0. The third kappa shape index (κ3) is 8.34. The second-order valence-electron chi connectivity index (χ2n) is 2.18. The average molecular weight is 287 g/mol. The molecule has 0 aliphatic rings. The Kier molecular flexibility index (Phi) is 8.86. The first-order valence-corrected chi connectivity index (χ1v) is 5.54. The summed E-state index contributed by atoms with van der Waals surface area (Å²) in [6.07, 6.45) is 3.10. The van der Waals surface area contributed by atoms with Gasteiger partial charge in [0.2, 0.25) is 0 Å². The molecule has 0 rings (SSSR count). The minimum Gasteiger partial charge on any atom is -0.457 e. The van der Waals surface area contributed by atoms with Crippen LogP contribution in [0.3, 0.4) is 0 Å². The molecule has 2 nitrogen and oxygen atoms in total. The third-order valence-electron chi connectivity index (χ3n) is 1.24. The van der Waals surface area contributed by atoms with Gasteiger partial charge in [0.15, 0.2) is 0 Å². The zero-order valence-electron chi connectivity index (χ0n) is 6.19. The van der Waals surface area contributed by atoms with E-state index in [1.54, 1.807) is 0 Å². The van der Waals surface area contributed by atoms with E-state index < -0.39 is 0 Å². The molecule has 0 bridgehead atoms.